The third-order valence-corrected chi connectivity index (χ3v) is 4.68. The second-order valence-electron chi connectivity index (χ2n) is 5.46. The average Bonchev–Trinajstić information content (AvgIpc) is 2.56. The van der Waals surface area contributed by atoms with Crippen LogP contribution in [0.4, 0.5) is 10.5 Å². The minimum Gasteiger partial charge on any atom is -0.383 e. The van der Waals surface area contributed by atoms with Crippen molar-refractivity contribution in [2.75, 3.05) is 19.0 Å². The van der Waals surface area contributed by atoms with Gasteiger partial charge in [0, 0.05) is 17.7 Å². The molecule has 2 aromatic rings. The molecule has 0 aliphatic heterocycles. The van der Waals surface area contributed by atoms with E-state index in [0.29, 0.717) is 18.0 Å². The summed E-state index contributed by atoms with van der Waals surface area (Å²) >= 11 is 0. The number of hydrogen-bond donors (Lipinski definition) is 2. The molecule has 0 unspecified atom stereocenters. The van der Waals surface area contributed by atoms with E-state index in [2.05, 4.69) is 10.6 Å². The van der Waals surface area contributed by atoms with Gasteiger partial charge in [-0.25, -0.2) is 4.79 Å². The predicted molar refractivity (Wildman–Crippen MR) is 96.5 cm³/mol. The van der Waals surface area contributed by atoms with E-state index in [-0.39, 0.29) is 12.1 Å². The van der Waals surface area contributed by atoms with Crippen LogP contribution in [-0.2, 0) is 21.3 Å². The molecule has 2 atom stereocenters. The van der Waals surface area contributed by atoms with E-state index in [1.165, 1.54) is 0 Å². The van der Waals surface area contributed by atoms with E-state index in [0.717, 1.165) is 10.5 Å². The van der Waals surface area contributed by atoms with Gasteiger partial charge in [0.05, 0.1) is 29.2 Å². The molecule has 2 N–H and O–H groups in total. The number of methoxy groups -OCH3 is 1. The Balaban J connectivity index is 1.96. The summed E-state index contributed by atoms with van der Waals surface area (Å²) in [6.45, 7) is 2.31. The van der Waals surface area contributed by atoms with Gasteiger partial charge in [-0.15, -0.1) is 0 Å². The van der Waals surface area contributed by atoms with Crippen LogP contribution in [0.3, 0.4) is 0 Å². The van der Waals surface area contributed by atoms with E-state index < -0.39 is 10.8 Å². The number of urea groups is 1. The first-order valence-electron chi connectivity index (χ1n) is 7.67. The molecule has 5 nitrogen and oxygen atoms in total. The summed E-state index contributed by atoms with van der Waals surface area (Å²) < 4.78 is 17.3. The topological polar surface area (TPSA) is 67.4 Å². The van der Waals surface area contributed by atoms with Gasteiger partial charge < -0.3 is 15.4 Å². The maximum atomic E-state index is 12.4. The average molecular weight is 346 g/mol. The Bertz CT molecular complexity index is 692. The second kappa shape index (κ2) is 9.20. The standard InChI is InChI=1S/C18H22N2O3S/c1-14(12-23-2)19-18(21)20-16-8-6-7-15(11-16)13-24(22)17-9-4-3-5-10-17/h3-11,14H,12-13H2,1-2H3,(H2,19,20,21)/t14-,24+/m0/s1. The first-order chi connectivity index (χ1) is 11.6. The summed E-state index contributed by atoms with van der Waals surface area (Å²) in [5, 5.41) is 5.56. The number of rotatable bonds is 7. The van der Waals surface area contributed by atoms with E-state index in [1.807, 2.05) is 55.5 Å². The van der Waals surface area contributed by atoms with Gasteiger partial charge >= 0.3 is 6.03 Å². The Morgan fingerprint density at radius 1 is 1.17 bits per heavy atom. The SMILES string of the molecule is COC[C@H](C)NC(=O)Nc1cccc(C[S@@](=O)c2ccccc2)c1. The largest absolute Gasteiger partial charge is 0.383 e. The van der Waals surface area contributed by atoms with Gasteiger partial charge in [-0.05, 0) is 36.8 Å². The minimum atomic E-state index is -1.11. The summed E-state index contributed by atoms with van der Waals surface area (Å²) in [5.74, 6) is 0.404. The molecule has 0 radical (unpaired) electrons. The lowest BCUT2D eigenvalue weighted by molar-refractivity contribution is 0.173. The molecule has 6 heteroatoms. The monoisotopic (exact) mass is 346 g/mol. The highest BCUT2D eigenvalue weighted by molar-refractivity contribution is 7.84. The molecule has 0 saturated carbocycles. The molecule has 2 amide bonds. The lowest BCUT2D eigenvalue weighted by Gasteiger charge is -2.14. The number of nitrogens with one attached hydrogen (secondary N) is 2. The van der Waals surface area contributed by atoms with Crippen molar-refractivity contribution in [1.29, 1.82) is 0 Å². The van der Waals surface area contributed by atoms with Crippen LogP contribution in [0.15, 0.2) is 59.5 Å². The fourth-order valence-corrected chi connectivity index (χ4v) is 3.34. The summed E-state index contributed by atoms with van der Waals surface area (Å²) in [6, 6.07) is 16.3. The number of ether oxygens (including phenoxy) is 1. The summed E-state index contributed by atoms with van der Waals surface area (Å²) in [6.07, 6.45) is 0. The van der Waals surface area contributed by atoms with Crippen LogP contribution in [-0.4, -0.2) is 30.0 Å². The zero-order chi connectivity index (χ0) is 17.4. The molecule has 2 rings (SSSR count). The van der Waals surface area contributed by atoms with Crippen molar-refractivity contribution in [3.63, 3.8) is 0 Å². The fraction of sp³-hybridized carbons (Fsp3) is 0.278. The van der Waals surface area contributed by atoms with Crippen LogP contribution >= 0.6 is 0 Å². The third-order valence-electron chi connectivity index (χ3n) is 3.28. The van der Waals surface area contributed by atoms with E-state index in [9.17, 15) is 9.00 Å². The van der Waals surface area contributed by atoms with Gasteiger partial charge in [-0.3, -0.25) is 4.21 Å². The number of carbonyl (C=O) groups is 1. The molecule has 24 heavy (non-hydrogen) atoms. The molecular formula is C18H22N2O3S. The lowest BCUT2D eigenvalue weighted by Crippen LogP contribution is -2.38. The van der Waals surface area contributed by atoms with Crippen molar-refractivity contribution < 1.29 is 13.7 Å². The molecule has 0 spiro atoms. The smallest absolute Gasteiger partial charge is 0.319 e. The van der Waals surface area contributed by atoms with Crippen LogP contribution in [0.5, 0.6) is 0 Å². The normalized spacial score (nSPS) is 13.1. The predicted octanol–water partition coefficient (Wildman–Crippen LogP) is 3.15. The molecule has 128 valence electrons. The van der Waals surface area contributed by atoms with E-state index in [4.69, 9.17) is 4.74 Å². The maximum absolute atomic E-state index is 12.4. The first-order valence-corrected chi connectivity index (χ1v) is 8.99. The Morgan fingerprint density at radius 3 is 2.62 bits per heavy atom. The lowest BCUT2D eigenvalue weighted by atomic mass is 10.2. The highest BCUT2D eigenvalue weighted by Crippen LogP contribution is 2.16. The summed E-state index contributed by atoms with van der Waals surface area (Å²) in [7, 11) is 0.478. The minimum absolute atomic E-state index is 0.0798. The molecule has 2 aromatic carbocycles. The zero-order valence-electron chi connectivity index (χ0n) is 13.8. The van der Waals surface area contributed by atoms with Crippen LogP contribution in [0.1, 0.15) is 12.5 Å². The van der Waals surface area contributed by atoms with Gasteiger partial charge in [-0.2, -0.15) is 0 Å². The van der Waals surface area contributed by atoms with Crippen molar-refractivity contribution in [1.82, 2.24) is 5.32 Å². The van der Waals surface area contributed by atoms with Crippen molar-refractivity contribution >= 4 is 22.5 Å². The summed E-state index contributed by atoms with van der Waals surface area (Å²) in [4.78, 5) is 12.7. The van der Waals surface area contributed by atoms with Gasteiger partial charge in [0.1, 0.15) is 0 Å². The molecule has 0 fully saturated rings. The first kappa shape index (κ1) is 18.2. The maximum Gasteiger partial charge on any atom is 0.319 e. The van der Waals surface area contributed by atoms with Crippen molar-refractivity contribution in [2.24, 2.45) is 0 Å². The molecule has 0 aromatic heterocycles. The number of hydrogen-bond acceptors (Lipinski definition) is 3. The number of anilines is 1. The highest BCUT2D eigenvalue weighted by atomic mass is 32.2. The number of benzene rings is 2. The number of carbonyl (C=O) groups excluding carboxylic acids is 1. The number of amides is 2. The molecule has 0 heterocycles. The van der Waals surface area contributed by atoms with Crippen LogP contribution in [0, 0.1) is 0 Å². The van der Waals surface area contributed by atoms with Crippen LogP contribution in [0.2, 0.25) is 0 Å². The van der Waals surface area contributed by atoms with Gasteiger partial charge in [0.2, 0.25) is 0 Å². The fourth-order valence-electron chi connectivity index (χ4n) is 2.23. The van der Waals surface area contributed by atoms with E-state index in [1.54, 1.807) is 13.2 Å². The molecule has 0 aliphatic rings. The molecular weight excluding hydrogens is 324 g/mol. The molecule has 0 aliphatic carbocycles. The Labute approximate surface area is 144 Å². The Kier molecular flexibility index (Phi) is 6.96. The second-order valence-corrected chi connectivity index (χ2v) is 6.91. The quantitative estimate of drug-likeness (QED) is 0.809. The van der Waals surface area contributed by atoms with Crippen molar-refractivity contribution in [3.05, 3.63) is 60.2 Å². The van der Waals surface area contributed by atoms with Crippen LogP contribution < -0.4 is 10.6 Å². The van der Waals surface area contributed by atoms with Gasteiger partial charge in [-0.1, -0.05) is 30.3 Å². The van der Waals surface area contributed by atoms with Gasteiger partial charge in [0.15, 0.2) is 0 Å². The van der Waals surface area contributed by atoms with Crippen molar-refractivity contribution in [2.45, 2.75) is 23.6 Å². The molecule has 0 bridgehead atoms. The van der Waals surface area contributed by atoms with E-state index >= 15 is 0 Å². The third kappa shape index (κ3) is 5.79. The van der Waals surface area contributed by atoms with Crippen LogP contribution in [0.25, 0.3) is 0 Å². The molecule has 0 saturated heterocycles. The van der Waals surface area contributed by atoms with Crippen molar-refractivity contribution in [3.8, 4) is 0 Å². The Hall–Kier alpha value is -2.18. The zero-order valence-corrected chi connectivity index (χ0v) is 14.6. The van der Waals surface area contributed by atoms with Gasteiger partial charge in [0.25, 0.3) is 0 Å². The summed E-state index contributed by atoms with van der Waals surface area (Å²) in [5.41, 5.74) is 1.57. The highest BCUT2D eigenvalue weighted by Gasteiger charge is 2.09. The Morgan fingerprint density at radius 2 is 1.92 bits per heavy atom.